The summed E-state index contributed by atoms with van der Waals surface area (Å²) in [5, 5.41) is 9.67. The Bertz CT molecular complexity index is 480. The summed E-state index contributed by atoms with van der Waals surface area (Å²) in [6, 6.07) is 3.63. The molecule has 2 rings (SSSR count). The number of carboxylic acids is 1. The highest BCUT2D eigenvalue weighted by Crippen LogP contribution is 2.33. The number of halogens is 1. The Hall–Kier alpha value is -0.940. The third kappa shape index (κ3) is 1.34. The fourth-order valence-corrected chi connectivity index (χ4v) is 2.78. The van der Waals surface area contributed by atoms with Crippen molar-refractivity contribution in [2.45, 2.75) is 0 Å². The van der Waals surface area contributed by atoms with Crippen LogP contribution < -0.4 is 0 Å². The predicted octanol–water partition coefficient (Wildman–Crippen LogP) is 2.76. The maximum absolute atomic E-state index is 10.7. The fraction of sp³-hybridized carbons (Fsp3) is 0. The third-order valence-corrected chi connectivity index (χ3v) is 3.79. The number of aromatic nitrogens is 1. The van der Waals surface area contributed by atoms with E-state index in [2.05, 4.69) is 20.9 Å². The van der Waals surface area contributed by atoms with Gasteiger partial charge in [0.25, 0.3) is 0 Å². The molecule has 2 aromatic rings. The van der Waals surface area contributed by atoms with Gasteiger partial charge >= 0.3 is 5.97 Å². The van der Waals surface area contributed by atoms with Crippen molar-refractivity contribution in [1.82, 2.24) is 4.98 Å². The van der Waals surface area contributed by atoms with E-state index >= 15 is 0 Å². The summed E-state index contributed by atoms with van der Waals surface area (Å²) < 4.78 is 0.619. The van der Waals surface area contributed by atoms with Gasteiger partial charge in [-0.15, -0.1) is 11.3 Å². The van der Waals surface area contributed by atoms with Gasteiger partial charge in [-0.05, 0) is 28.1 Å². The molecule has 13 heavy (non-hydrogen) atoms. The van der Waals surface area contributed by atoms with Crippen LogP contribution in [0.2, 0.25) is 0 Å². The van der Waals surface area contributed by atoms with Crippen LogP contribution in [0.25, 0.3) is 10.2 Å². The zero-order valence-electron chi connectivity index (χ0n) is 6.32. The Morgan fingerprint density at radius 3 is 3.00 bits per heavy atom. The number of aromatic carboxylic acids is 1. The lowest BCUT2D eigenvalue weighted by molar-refractivity contribution is 0.0701. The second-order valence-corrected chi connectivity index (χ2v) is 4.20. The quantitative estimate of drug-likeness (QED) is 0.855. The second kappa shape index (κ2) is 3.08. The van der Waals surface area contributed by atoms with Gasteiger partial charge in [0.2, 0.25) is 0 Å². The van der Waals surface area contributed by atoms with Gasteiger partial charge in [0.05, 0.1) is 4.47 Å². The number of carbonyl (C=O) groups is 1. The van der Waals surface area contributed by atoms with E-state index in [1.807, 2.05) is 6.07 Å². The van der Waals surface area contributed by atoms with Crippen molar-refractivity contribution in [2.75, 3.05) is 0 Å². The van der Waals surface area contributed by atoms with E-state index in [4.69, 9.17) is 5.11 Å². The number of hydrogen-bond acceptors (Lipinski definition) is 3. The first-order chi connectivity index (χ1) is 6.20. The van der Waals surface area contributed by atoms with Crippen molar-refractivity contribution in [3.8, 4) is 0 Å². The molecule has 0 aromatic carbocycles. The molecule has 0 bridgehead atoms. The molecule has 0 spiro atoms. The minimum atomic E-state index is -0.921. The summed E-state index contributed by atoms with van der Waals surface area (Å²) >= 11 is 4.42. The SMILES string of the molecule is O=C(O)c1sc2ncccc2c1Br. The lowest BCUT2D eigenvalue weighted by Gasteiger charge is -1.87. The molecule has 0 unspecified atom stereocenters. The molecule has 0 aliphatic heterocycles. The van der Waals surface area contributed by atoms with Gasteiger partial charge in [-0.1, -0.05) is 0 Å². The molecule has 0 radical (unpaired) electrons. The summed E-state index contributed by atoms with van der Waals surface area (Å²) in [7, 11) is 0. The van der Waals surface area contributed by atoms with Crippen LogP contribution in [0.1, 0.15) is 9.67 Å². The molecule has 3 nitrogen and oxygen atoms in total. The standard InChI is InChI=1S/C8H4BrNO2S/c9-5-4-2-1-3-10-7(4)13-6(5)8(11)12/h1-3H,(H,11,12). The van der Waals surface area contributed by atoms with Gasteiger partial charge in [0, 0.05) is 11.6 Å². The van der Waals surface area contributed by atoms with Crippen LogP contribution in [-0.4, -0.2) is 16.1 Å². The molecule has 66 valence electrons. The van der Waals surface area contributed by atoms with Gasteiger partial charge in [-0.3, -0.25) is 0 Å². The first-order valence-electron chi connectivity index (χ1n) is 3.46. The van der Waals surface area contributed by atoms with E-state index in [0.29, 0.717) is 9.35 Å². The molecule has 2 heterocycles. The number of thiophene rings is 1. The van der Waals surface area contributed by atoms with E-state index in [0.717, 1.165) is 10.2 Å². The van der Waals surface area contributed by atoms with Gasteiger partial charge in [0.15, 0.2) is 0 Å². The zero-order valence-corrected chi connectivity index (χ0v) is 8.72. The van der Waals surface area contributed by atoms with Crippen molar-refractivity contribution in [3.63, 3.8) is 0 Å². The number of fused-ring (bicyclic) bond motifs is 1. The Morgan fingerprint density at radius 1 is 1.62 bits per heavy atom. The molecule has 0 fully saturated rings. The molecule has 0 atom stereocenters. The van der Waals surface area contributed by atoms with E-state index in [1.165, 1.54) is 11.3 Å². The van der Waals surface area contributed by atoms with Crippen molar-refractivity contribution in [3.05, 3.63) is 27.7 Å². The Morgan fingerprint density at radius 2 is 2.38 bits per heavy atom. The van der Waals surface area contributed by atoms with E-state index in [-0.39, 0.29) is 0 Å². The normalized spacial score (nSPS) is 10.5. The lowest BCUT2D eigenvalue weighted by Crippen LogP contribution is -1.91. The fourth-order valence-electron chi connectivity index (χ4n) is 1.04. The monoisotopic (exact) mass is 257 g/mol. The minimum absolute atomic E-state index is 0.300. The molecular weight excluding hydrogens is 254 g/mol. The average molecular weight is 258 g/mol. The topological polar surface area (TPSA) is 50.2 Å². The molecule has 0 saturated heterocycles. The summed E-state index contributed by atoms with van der Waals surface area (Å²) in [5.41, 5.74) is 0. The lowest BCUT2D eigenvalue weighted by atomic mass is 10.3. The third-order valence-electron chi connectivity index (χ3n) is 1.60. The van der Waals surface area contributed by atoms with Gasteiger partial charge in [-0.2, -0.15) is 0 Å². The Balaban J connectivity index is 2.81. The summed E-state index contributed by atoms with van der Waals surface area (Å²) in [4.78, 5) is 15.9. The molecule has 0 amide bonds. The molecule has 2 aromatic heterocycles. The van der Waals surface area contributed by atoms with Crippen LogP contribution >= 0.6 is 27.3 Å². The number of nitrogens with zero attached hydrogens (tertiary/aromatic N) is 1. The van der Waals surface area contributed by atoms with Crippen molar-refractivity contribution >= 4 is 43.5 Å². The van der Waals surface area contributed by atoms with Gasteiger partial charge in [0.1, 0.15) is 9.71 Å². The van der Waals surface area contributed by atoms with Crippen LogP contribution in [0.3, 0.4) is 0 Å². The van der Waals surface area contributed by atoms with Crippen LogP contribution in [0.4, 0.5) is 0 Å². The molecular formula is C8H4BrNO2S. The average Bonchev–Trinajstić information content (AvgIpc) is 2.45. The predicted molar refractivity (Wildman–Crippen MR) is 54.3 cm³/mol. The smallest absolute Gasteiger partial charge is 0.347 e. The number of pyridine rings is 1. The molecule has 0 aliphatic rings. The molecule has 5 heteroatoms. The number of rotatable bonds is 1. The van der Waals surface area contributed by atoms with Gasteiger partial charge < -0.3 is 5.11 Å². The Kier molecular flexibility index (Phi) is 2.05. The highest BCUT2D eigenvalue weighted by Gasteiger charge is 2.15. The van der Waals surface area contributed by atoms with E-state index in [1.54, 1.807) is 12.3 Å². The number of carboxylic acid groups (broad SMARTS) is 1. The molecule has 1 N–H and O–H groups in total. The van der Waals surface area contributed by atoms with Crippen molar-refractivity contribution in [1.29, 1.82) is 0 Å². The zero-order chi connectivity index (χ0) is 9.42. The summed E-state index contributed by atoms with van der Waals surface area (Å²) in [5.74, 6) is -0.921. The molecule has 0 aliphatic carbocycles. The highest BCUT2D eigenvalue weighted by molar-refractivity contribution is 9.10. The first-order valence-corrected chi connectivity index (χ1v) is 5.07. The largest absolute Gasteiger partial charge is 0.477 e. The summed E-state index contributed by atoms with van der Waals surface area (Å²) in [6.07, 6.45) is 1.65. The molecule has 0 saturated carbocycles. The van der Waals surface area contributed by atoms with E-state index in [9.17, 15) is 4.79 Å². The summed E-state index contributed by atoms with van der Waals surface area (Å²) in [6.45, 7) is 0. The maximum atomic E-state index is 10.7. The van der Waals surface area contributed by atoms with Crippen LogP contribution in [-0.2, 0) is 0 Å². The second-order valence-electron chi connectivity index (χ2n) is 2.41. The minimum Gasteiger partial charge on any atom is -0.477 e. The first kappa shape index (κ1) is 8.65. The van der Waals surface area contributed by atoms with Crippen LogP contribution in [0, 0.1) is 0 Å². The number of hydrogen-bond donors (Lipinski definition) is 1. The van der Waals surface area contributed by atoms with Crippen LogP contribution in [0.5, 0.6) is 0 Å². The van der Waals surface area contributed by atoms with Crippen molar-refractivity contribution < 1.29 is 9.90 Å². The van der Waals surface area contributed by atoms with Crippen molar-refractivity contribution in [2.24, 2.45) is 0 Å². The maximum Gasteiger partial charge on any atom is 0.347 e. The van der Waals surface area contributed by atoms with Crippen LogP contribution in [0.15, 0.2) is 22.8 Å². The van der Waals surface area contributed by atoms with E-state index < -0.39 is 5.97 Å². The van der Waals surface area contributed by atoms with Gasteiger partial charge in [-0.25, -0.2) is 9.78 Å². The highest BCUT2D eigenvalue weighted by atomic mass is 79.9. The Labute approximate surface area is 86.2 Å².